The number of benzene rings is 1. The Morgan fingerprint density at radius 3 is 2.46 bits per heavy atom. The molecule has 1 aromatic heterocycles. The summed E-state index contributed by atoms with van der Waals surface area (Å²) < 4.78 is 5.74. The van der Waals surface area contributed by atoms with Crippen molar-refractivity contribution >= 4 is 28.2 Å². The average Bonchev–Trinajstić information content (AvgIpc) is 2.88. The van der Waals surface area contributed by atoms with Crippen LogP contribution in [0.5, 0.6) is 5.75 Å². The fourth-order valence-electron chi connectivity index (χ4n) is 2.53. The number of thiophene rings is 1. The van der Waals surface area contributed by atoms with Gasteiger partial charge in [-0.1, -0.05) is 32.0 Å². The third-order valence-corrected chi connectivity index (χ3v) is 4.79. The lowest BCUT2D eigenvalue weighted by molar-refractivity contribution is -0.122. The summed E-state index contributed by atoms with van der Waals surface area (Å²) in [7, 11) is 0. The molecule has 0 saturated carbocycles. The van der Waals surface area contributed by atoms with E-state index in [-0.39, 0.29) is 5.91 Å². The van der Waals surface area contributed by atoms with E-state index in [1.165, 1.54) is 11.3 Å². The minimum atomic E-state index is -0.638. The fourth-order valence-corrected chi connectivity index (χ4v) is 3.68. The number of nitrogens with two attached hydrogens (primary N) is 1. The van der Waals surface area contributed by atoms with Gasteiger partial charge in [0.2, 0.25) is 0 Å². The maximum atomic E-state index is 12.6. The summed E-state index contributed by atoms with van der Waals surface area (Å²) in [5.41, 5.74) is 6.79. The van der Waals surface area contributed by atoms with Crippen LogP contribution in [0.4, 0.5) is 5.00 Å². The van der Waals surface area contributed by atoms with Crippen molar-refractivity contribution in [1.82, 2.24) is 0 Å². The van der Waals surface area contributed by atoms with Gasteiger partial charge in [-0.3, -0.25) is 9.59 Å². The Hall–Kier alpha value is -2.34. The van der Waals surface area contributed by atoms with Gasteiger partial charge in [-0.05, 0) is 37.5 Å². The minimum absolute atomic E-state index is 0.284. The van der Waals surface area contributed by atoms with Crippen molar-refractivity contribution in [1.29, 1.82) is 0 Å². The van der Waals surface area contributed by atoms with Gasteiger partial charge in [0.1, 0.15) is 10.8 Å². The Labute approximate surface area is 145 Å². The number of aryl methyl sites for hydroxylation is 1. The molecule has 0 radical (unpaired) electrons. The lowest BCUT2D eigenvalue weighted by atomic mass is 10.1. The van der Waals surface area contributed by atoms with Gasteiger partial charge in [0.15, 0.2) is 6.10 Å². The number of carbonyl (C=O) groups is 2. The van der Waals surface area contributed by atoms with E-state index in [0.29, 0.717) is 29.2 Å². The molecule has 2 rings (SSSR count). The Bertz CT molecular complexity index is 725. The van der Waals surface area contributed by atoms with Gasteiger partial charge in [0, 0.05) is 4.88 Å². The number of ether oxygens (including phenoxy) is 1. The average molecular weight is 346 g/mol. The number of para-hydroxylation sites is 1. The zero-order valence-electron chi connectivity index (χ0n) is 14.1. The molecule has 1 aromatic carbocycles. The molecule has 24 heavy (non-hydrogen) atoms. The van der Waals surface area contributed by atoms with Gasteiger partial charge in [0.05, 0.1) is 5.56 Å². The van der Waals surface area contributed by atoms with Gasteiger partial charge >= 0.3 is 0 Å². The Kier molecular flexibility index (Phi) is 5.98. The fraction of sp³-hybridized carbons (Fsp3) is 0.333. The molecule has 2 amide bonds. The molecule has 0 aliphatic rings. The molecule has 0 saturated heterocycles. The number of rotatable bonds is 7. The van der Waals surface area contributed by atoms with E-state index >= 15 is 0 Å². The van der Waals surface area contributed by atoms with Crippen molar-refractivity contribution in [2.24, 2.45) is 5.73 Å². The second-order valence-electron chi connectivity index (χ2n) is 5.38. The van der Waals surface area contributed by atoms with Crippen molar-refractivity contribution in [3.63, 3.8) is 0 Å². The van der Waals surface area contributed by atoms with Crippen LogP contribution in [0.2, 0.25) is 0 Å². The summed E-state index contributed by atoms with van der Waals surface area (Å²) in [6.07, 6.45) is 0.562. The smallest absolute Gasteiger partial charge is 0.266 e. The van der Waals surface area contributed by atoms with E-state index in [1.807, 2.05) is 39.0 Å². The summed E-state index contributed by atoms with van der Waals surface area (Å²) in [6.45, 7) is 5.75. The van der Waals surface area contributed by atoms with Crippen molar-refractivity contribution < 1.29 is 14.3 Å². The zero-order valence-corrected chi connectivity index (χ0v) is 14.9. The van der Waals surface area contributed by atoms with Crippen LogP contribution in [-0.4, -0.2) is 17.9 Å². The standard InChI is InChI=1S/C18H22N2O3S/c1-4-13-11(3)24-18(15(13)16(19)21)20-17(22)14(5-2)23-12-9-7-6-8-10-12/h6-10,14H,4-5H2,1-3H3,(H2,19,21)(H,20,22)/t14-/m1/s1. The lowest BCUT2D eigenvalue weighted by Gasteiger charge is -2.17. The molecule has 2 aromatic rings. The largest absolute Gasteiger partial charge is 0.481 e. The van der Waals surface area contributed by atoms with Gasteiger partial charge in [-0.15, -0.1) is 11.3 Å². The first-order valence-corrected chi connectivity index (χ1v) is 8.74. The Morgan fingerprint density at radius 1 is 1.25 bits per heavy atom. The van der Waals surface area contributed by atoms with Crippen LogP contribution in [0.1, 0.15) is 41.1 Å². The number of primary amides is 1. The summed E-state index contributed by atoms with van der Waals surface area (Å²) in [4.78, 5) is 25.3. The second kappa shape index (κ2) is 7.97. The van der Waals surface area contributed by atoms with Crippen molar-refractivity contribution in [2.45, 2.75) is 39.7 Å². The van der Waals surface area contributed by atoms with Crippen LogP contribution in [-0.2, 0) is 11.2 Å². The highest BCUT2D eigenvalue weighted by atomic mass is 32.1. The molecule has 0 aliphatic carbocycles. The normalized spacial score (nSPS) is 11.8. The van der Waals surface area contributed by atoms with E-state index in [2.05, 4.69) is 5.32 Å². The van der Waals surface area contributed by atoms with Crippen molar-refractivity contribution in [3.05, 3.63) is 46.3 Å². The number of nitrogens with one attached hydrogen (secondary N) is 1. The molecular weight excluding hydrogens is 324 g/mol. The molecule has 5 nitrogen and oxygen atoms in total. The van der Waals surface area contributed by atoms with E-state index in [9.17, 15) is 9.59 Å². The summed E-state index contributed by atoms with van der Waals surface area (Å²) in [6, 6.07) is 9.18. The molecular formula is C18H22N2O3S. The Balaban J connectivity index is 2.20. The number of anilines is 1. The first-order chi connectivity index (χ1) is 11.5. The van der Waals surface area contributed by atoms with E-state index in [4.69, 9.17) is 10.5 Å². The molecule has 1 atom stereocenters. The highest BCUT2D eigenvalue weighted by molar-refractivity contribution is 7.16. The second-order valence-corrected chi connectivity index (χ2v) is 6.60. The van der Waals surface area contributed by atoms with Gasteiger partial charge < -0.3 is 15.8 Å². The van der Waals surface area contributed by atoms with Gasteiger partial charge in [0.25, 0.3) is 11.8 Å². The molecule has 128 valence electrons. The number of carbonyl (C=O) groups excluding carboxylic acids is 2. The molecule has 1 heterocycles. The predicted molar refractivity (Wildman–Crippen MR) is 96.7 cm³/mol. The van der Waals surface area contributed by atoms with Crippen LogP contribution >= 0.6 is 11.3 Å². The maximum absolute atomic E-state index is 12.6. The summed E-state index contributed by atoms with van der Waals surface area (Å²) in [5.74, 6) is -0.178. The predicted octanol–water partition coefficient (Wildman–Crippen LogP) is 3.51. The van der Waals surface area contributed by atoms with Crippen molar-refractivity contribution in [3.8, 4) is 5.75 Å². The van der Waals surface area contributed by atoms with Crippen LogP contribution in [0.3, 0.4) is 0 Å². The van der Waals surface area contributed by atoms with Crippen LogP contribution in [0, 0.1) is 6.92 Å². The number of hydrogen-bond donors (Lipinski definition) is 2. The molecule has 0 bridgehead atoms. The van der Waals surface area contributed by atoms with E-state index < -0.39 is 12.0 Å². The molecule has 6 heteroatoms. The number of amides is 2. The molecule has 0 spiro atoms. The molecule has 0 unspecified atom stereocenters. The quantitative estimate of drug-likeness (QED) is 0.805. The summed E-state index contributed by atoms with van der Waals surface area (Å²) >= 11 is 1.37. The topological polar surface area (TPSA) is 81.4 Å². The van der Waals surface area contributed by atoms with Gasteiger partial charge in [-0.2, -0.15) is 0 Å². The Morgan fingerprint density at radius 2 is 1.92 bits per heavy atom. The van der Waals surface area contributed by atoms with Crippen molar-refractivity contribution in [2.75, 3.05) is 5.32 Å². The van der Waals surface area contributed by atoms with Crippen LogP contribution in [0.15, 0.2) is 30.3 Å². The first kappa shape index (κ1) is 18.0. The monoisotopic (exact) mass is 346 g/mol. The third-order valence-electron chi connectivity index (χ3n) is 3.73. The first-order valence-electron chi connectivity index (χ1n) is 7.92. The van der Waals surface area contributed by atoms with Crippen LogP contribution < -0.4 is 15.8 Å². The lowest BCUT2D eigenvalue weighted by Crippen LogP contribution is -2.32. The molecule has 0 aliphatic heterocycles. The SMILES string of the molecule is CCc1c(C)sc(NC(=O)[C@@H](CC)Oc2ccccc2)c1C(N)=O. The van der Waals surface area contributed by atoms with E-state index in [0.717, 1.165) is 10.4 Å². The van der Waals surface area contributed by atoms with Crippen LogP contribution in [0.25, 0.3) is 0 Å². The minimum Gasteiger partial charge on any atom is -0.481 e. The highest BCUT2D eigenvalue weighted by Gasteiger charge is 2.24. The summed E-state index contributed by atoms with van der Waals surface area (Å²) in [5, 5.41) is 3.31. The molecule has 0 fully saturated rings. The van der Waals surface area contributed by atoms with E-state index in [1.54, 1.807) is 12.1 Å². The highest BCUT2D eigenvalue weighted by Crippen LogP contribution is 2.33. The maximum Gasteiger partial charge on any atom is 0.266 e. The zero-order chi connectivity index (χ0) is 17.7. The van der Waals surface area contributed by atoms with Gasteiger partial charge in [-0.25, -0.2) is 0 Å². The molecule has 3 N–H and O–H groups in total. The third kappa shape index (κ3) is 3.94. The number of hydrogen-bond acceptors (Lipinski definition) is 4.